The lowest BCUT2D eigenvalue weighted by atomic mass is 10.2. The second-order valence-corrected chi connectivity index (χ2v) is 4.90. The molecule has 7 heteroatoms. The summed E-state index contributed by atoms with van der Waals surface area (Å²) in [6.07, 6.45) is 0.675. The maximum absolute atomic E-state index is 13.3. The van der Waals surface area contributed by atoms with E-state index in [2.05, 4.69) is 5.32 Å². The van der Waals surface area contributed by atoms with Gasteiger partial charge in [0, 0.05) is 11.3 Å². The largest absolute Gasteiger partial charge is 0.493 e. The Kier molecular flexibility index (Phi) is 5.54. The molecule has 5 nitrogen and oxygen atoms in total. The molecule has 0 aliphatic rings. The number of amides is 1. The number of nitrogens with one attached hydrogen (secondary N) is 1. The molecule has 0 aromatic heterocycles. The molecule has 2 aromatic rings. The van der Waals surface area contributed by atoms with E-state index in [1.165, 1.54) is 37.4 Å². The van der Waals surface area contributed by atoms with E-state index >= 15 is 0 Å². The average Bonchev–Trinajstić information content (AvgIpc) is 2.56. The Hall–Kier alpha value is -2.60. The molecular formula is C16H13ClFNO4. The summed E-state index contributed by atoms with van der Waals surface area (Å²) >= 11 is 5.57. The van der Waals surface area contributed by atoms with Crippen molar-refractivity contribution >= 4 is 29.5 Å². The van der Waals surface area contributed by atoms with Gasteiger partial charge in [-0.25, -0.2) is 4.39 Å². The summed E-state index contributed by atoms with van der Waals surface area (Å²) < 4.78 is 23.7. The van der Waals surface area contributed by atoms with E-state index in [1.807, 2.05) is 0 Å². The highest BCUT2D eigenvalue weighted by molar-refractivity contribution is 6.30. The molecule has 0 radical (unpaired) electrons. The number of methoxy groups -OCH3 is 1. The van der Waals surface area contributed by atoms with Crippen LogP contribution in [0.3, 0.4) is 0 Å². The molecule has 120 valence electrons. The quantitative estimate of drug-likeness (QED) is 0.821. The van der Waals surface area contributed by atoms with E-state index in [9.17, 15) is 14.0 Å². The standard InChI is InChI=1S/C16H13ClFNO4/c1-22-15-6-10(8-20)2-5-14(15)23-9-16(21)19-11-3-4-12(17)13(18)7-11/h2-8H,9H2,1H3,(H,19,21). The van der Waals surface area contributed by atoms with Crippen molar-refractivity contribution < 1.29 is 23.5 Å². The fourth-order valence-corrected chi connectivity index (χ4v) is 1.91. The molecule has 0 bridgehead atoms. The number of rotatable bonds is 6. The van der Waals surface area contributed by atoms with Crippen LogP contribution in [0.2, 0.25) is 5.02 Å². The number of carbonyl (C=O) groups is 2. The highest BCUT2D eigenvalue weighted by Crippen LogP contribution is 2.27. The fourth-order valence-electron chi connectivity index (χ4n) is 1.79. The first kappa shape index (κ1) is 16.8. The van der Waals surface area contributed by atoms with Crippen molar-refractivity contribution in [3.05, 3.63) is 52.8 Å². The minimum Gasteiger partial charge on any atom is -0.493 e. The molecule has 0 spiro atoms. The van der Waals surface area contributed by atoms with Crippen molar-refractivity contribution in [1.82, 2.24) is 0 Å². The zero-order valence-electron chi connectivity index (χ0n) is 12.1. The summed E-state index contributed by atoms with van der Waals surface area (Å²) in [5.74, 6) is -0.458. The first-order valence-electron chi connectivity index (χ1n) is 6.54. The van der Waals surface area contributed by atoms with E-state index in [0.717, 1.165) is 6.07 Å². The molecule has 0 saturated carbocycles. The minimum atomic E-state index is -0.628. The van der Waals surface area contributed by atoms with Gasteiger partial charge in [0.05, 0.1) is 12.1 Å². The predicted octanol–water partition coefficient (Wildman–Crippen LogP) is 3.32. The van der Waals surface area contributed by atoms with Gasteiger partial charge < -0.3 is 14.8 Å². The monoisotopic (exact) mass is 337 g/mol. The van der Waals surface area contributed by atoms with Gasteiger partial charge in [-0.05, 0) is 36.4 Å². The SMILES string of the molecule is COc1cc(C=O)ccc1OCC(=O)Nc1ccc(Cl)c(F)c1. The molecule has 0 saturated heterocycles. The summed E-state index contributed by atoms with van der Waals surface area (Å²) in [5, 5.41) is 2.45. The van der Waals surface area contributed by atoms with Crippen LogP contribution in [-0.2, 0) is 4.79 Å². The summed E-state index contributed by atoms with van der Waals surface area (Å²) in [6.45, 7) is -0.305. The molecular weight excluding hydrogens is 325 g/mol. The van der Waals surface area contributed by atoms with Crippen LogP contribution >= 0.6 is 11.6 Å². The zero-order valence-corrected chi connectivity index (χ0v) is 12.9. The Labute approximate surface area is 137 Å². The lowest BCUT2D eigenvalue weighted by Gasteiger charge is -2.11. The van der Waals surface area contributed by atoms with E-state index in [1.54, 1.807) is 0 Å². The van der Waals surface area contributed by atoms with Gasteiger partial charge in [-0.1, -0.05) is 11.6 Å². The molecule has 23 heavy (non-hydrogen) atoms. The van der Waals surface area contributed by atoms with Crippen LogP contribution in [0, 0.1) is 5.82 Å². The second-order valence-electron chi connectivity index (χ2n) is 4.49. The number of anilines is 1. The number of benzene rings is 2. The molecule has 0 unspecified atom stereocenters. The van der Waals surface area contributed by atoms with Crippen molar-refractivity contribution in [2.45, 2.75) is 0 Å². The summed E-state index contributed by atoms with van der Waals surface area (Å²) in [4.78, 5) is 22.5. The lowest BCUT2D eigenvalue weighted by molar-refractivity contribution is -0.118. The van der Waals surface area contributed by atoms with Gasteiger partial charge in [0.15, 0.2) is 18.1 Å². The predicted molar refractivity (Wildman–Crippen MR) is 83.9 cm³/mol. The number of hydrogen-bond donors (Lipinski definition) is 1. The Balaban J connectivity index is 1.98. The van der Waals surface area contributed by atoms with Crippen molar-refractivity contribution in [3.8, 4) is 11.5 Å². The molecule has 1 amide bonds. The molecule has 2 aromatic carbocycles. The third kappa shape index (κ3) is 4.43. The van der Waals surface area contributed by atoms with E-state index in [0.29, 0.717) is 23.3 Å². The van der Waals surface area contributed by atoms with Gasteiger partial charge in [-0.2, -0.15) is 0 Å². The van der Waals surface area contributed by atoms with E-state index in [-0.39, 0.29) is 17.3 Å². The van der Waals surface area contributed by atoms with Crippen molar-refractivity contribution in [2.75, 3.05) is 19.0 Å². The van der Waals surface area contributed by atoms with Gasteiger partial charge in [-0.3, -0.25) is 9.59 Å². The molecule has 0 heterocycles. The summed E-state index contributed by atoms with van der Waals surface area (Å²) in [5.41, 5.74) is 0.694. The van der Waals surface area contributed by atoms with Crippen LogP contribution in [0.5, 0.6) is 11.5 Å². The second kappa shape index (κ2) is 7.60. The topological polar surface area (TPSA) is 64.6 Å². The normalized spacial score (nSPS) is 10.0. The molecule has 2 rings (SSSR count). The van der Waals surface area contributed by atoms with Crippen molar-refractivity contribution in [2.24, 2.45) is 0 Å². The van der Waals surface area contributed by atoms with Crippen LogP contribution in [0.25, 0.3) is 0 Å². The Morgan fingerprint density at radius 1 is 1.26 bits per heavy atom. The minimum absolute atomic E-state index is 0.0285. The Bertz CT molecular complexity index is 736. The zero-order chi connectivity index (χ0) is 16.8. The number of ether oxygens (including phenoxy) is 2. The van der Waals surface area contributed by atoms with Gasteiger partial charge >= 0.3 is 0 Å². The Morgan fingerprint density at radius 2 is 2.04 bits per heavy atom. The highest BCUT2D eigenvalue weighted by Gasteiger charge is 2.10. The van der Waals surface area contributed by atoms with Gasteiger partial charge in [0.25, 0.3) is 5.91 Å². The van der Waals surface area contributed by atoms with Gasteiger partial charge in [-0.15, -0.1) is 0 Å². The molecule has 0 aliphatic carbocycles. The molecule has 0 fully saturated rings. The van der Waals surface area contributed by atoms with Crippen LogP contribution in [0.4, 0.5) is 10.1 Å². The van der Waals surface area contributed by atoms with Crippen LogP contribution in [0.15, 0.2) is 36.4 Å². The first-order valence-corrected chi connectivity index (χ1v) is 6.92. The van der Waals surface area contributed by atoms with Crippen molar-refractivity contribution in [1.29, 1.82) is 0 Å². The van der Waals surface area contributed by atoms with Crippen LogP contribution in [0.1, 0.15) is 10.4 Å². The van der Waals surface area contributed by atoms with Gasteiger partial charge in [0.2, 0.25) is 0 Å². The van der Waals surface area contributed by atoms with E-state index in [4.69, 9.17) is 21.1 Å². The molecule has 0 aliphatic heterocycles. The number of carbonyl (C=O) groups excluding carboxylic acids is 2. The fraction of sp³-hybridized carbons (Fsp3) is 0.125. The maximum atomic E-state index is 13.3. The maximum Gasteiger partial charge on any atom is 0.262 e. The third-order valence-electron chi connectivity index (χ3n) is 2.89. The van der Waals surface area contributed by atoms with Gasteiger partial charge in [0.1, 0.15) is 12.1 Å². The average molecular weight is 338 g/mol. The van der Waals surface area contributed by atoms with E-state index < -0.39 is 11.7 Å². The third-order valence-corrected chi connectivity index (χ3v) is 3.19. The Morgan fingerprint density at radius 3 is 2.70 bits per heavy atom. The van der Waals surface area contributed by atoms with Crippen molar-refractivity contribution in [3.63, 3.8) is 0 Å². The lowest BCUT2D eigenvalue weighted by Crippen LogP contribution is -2.20. The number of halogens is 2. The number of aldehydes is 1. The highest BCUT2D eigenvalue weighted by atomic mass is 35.5. The summed E-state index contributed by atoms with van der Waals surface area (Å²) in [7, 11) is 1.42. The molecule has 0 atom stereocenters. The first-order chi connectivity index (χ1) is 11.0. The van der Waals surface area contributed by atoms with Crippen LogP contribution in [-0.4, -0.2) is 25.9 Å². The molecule has 1 N–H and O–H groups in total. The number of hydrogen-bond acceptors (Lipinski definition) is 4. The summed E-state index contributed by atoms with van der Waals surface area (Å²) in [6, 6.07) is 8.49. The van der Waals surface area contributed by atoms with Crippen LogP contribution < -0.4 is 14.8 Å². The smallest absolute Gasteiger partial charge is 0.262 e.